The van der Waals surface area contributed by atoms with Crippen molar-refractivity contribution in [2.45, 2.75) is 12.8 Å². The highest BCUT2D eigenvalue weighted by Crippen LogP contribution is 2.27. The molecular weight excluding hydrogens is 172 g/mol. The van der Waals surface area contributed by atoms with Gasteiger partial charge in [-0.2, -0.15) is 5.26 Å². The smallest absolute Gasteiger partial charge is 0.0676 e. The Labute approximate surface area is 84.6 Å². The first-order valence-electron chi connectivity index (χ1n) is 4.98. The molecule has 2 rings (SSSR count). The fraction of sp³-hybridized carbons (Fsp3) is 0.417. The van der Waals surface area contributed by atoms with E-state index in [1.54, 1.807) is 0 Å². The van der Waals surface area contributed by atoms with Crippen molar-refractivity contribution in [2.75, 3.05) is 13.1 Å². The lowest BCUT2D eigenvalue weighted by Crippen LogP contribution is -2.08. The van der Waals surface area contributed by atoms with Gasteiger partial charge in [-0.1, -0.05) is 29.8 Å². The zero-order chi connectivity index (χ0) is 9.97. The minimum atomic E-state index is 0.137. The van der Waals surface area contributed by atoms with Gasteiger partial charge in [-0.25, -0.2) is 0 Å². The van der Waals surface area contributed by atoms with Gasteiger partial charge in [0.25, 0.3) is 0 Å². The molecule has 72 valence electrons. The van der Waals surface area contributed by atoms with E-state index in [0.717, 1.165) is 13.1 Å². The summed E-state index contributed by atoms with van der Waals surface area (Å²) < 4.78 is 0. The normalized spacial score (nSPS) is 26.0. The molecule has 1 saturated heterocycles. The molecule has 0 unspecified atom stereocenters. The van der Waals surface area contributed by atoms with Gasteiger partial charge in [-0.15, -0.1) is 0 Å². The Balaban J connectivity index is 2.23. The fourth-order valence-corrected chi connectivity index (χ4v) is 1.98. The lowest BCUT2D eigenvalue weighted by molar-refractivity contribution is 0.646. The van der Waals surface area contributed by atoms with Crippen LogP contribution in [0.5, 0.6) is 0 Å². The fourth-order valence-electron chi connectivity index (χ4n) is 1.98. The molecule has 1 aliphatic rings. The molecule has 0 saturated carbocycles. The zero-order valence-electron chi connectivity index (χ0n) is 8.33. The summed E-state index contributed by atoms with van der Waals surface area (Å²) in [5.74, 6) is 0.512. The first kappa shape index (κ1) is 9.23. The van der Waals surface area contributed by atoms with Crippen molar-refractivity contribution in [2.24, 2.45) is 5.92 Å². The summed E-state index contributed by atoms with van der Waals surface area (Å²) in [5.41, 5.74) is 2.56. The maximum Gasteiger partial charge on any atom is 0.0676 e. The van der Waals surface area contributed by atoms with Crippen molar-refractivity contribution < 1.29 is 0 Å². The average Bonchev–Trinajstić information content (AvgIpc) is 2.67. The van der Waals surface area contributed by atoms with Gasteiger partial charge in [0, 0.05) is 19.0 Å². The number of nitriles is 1. The topological polar surface area (TPSA) is 35.8 Å². The minimum Gasteiger partial charge on any atom is -0.315 e. The molecule has 0 bridgehead atoms. The van der Waals surface area contributed by atoms with Gasteiger partial charge in [0.15, 0.2) is 0 Å². The van der Waals surface area contributed by atoms with Gasteiger partial charge in [0.05, 0.1) is 12.0 Å². The van der Waals surface area contributed by atoms with Crippen molar-refractivity contribution in [3.63, 3.8) is 0 Å². The molecule has 1 aromatic carbocycles. The highest BCUT2D eigenvalue weighted by molar-refractivity contribution is 5.27. The average molecular weight is 186 g/mol. The molecule has 2 nitrogen and oxygen atoms in total. The van der Waals surface area contributed by atoms with Crippen LogP contribution in [-0.2, 0) is 0 Å². The molecule has 1 aliphatic heterocycles. The summed E-state index contributed by atoms with van der Waals surface area (Å²) in [5, 5.41) is 12.2. The van der Waals surface area contributed by atoms with E-state index in [1.807, 2.05) is 0 Å². The Kier molecular flexibility index (Phi) is 2.51. The van der Waals surface area contributed by atoms with Gasteiger partial charge in [0.1, 0.15) is 0 Å². The third-order valence-electron chi connectivity index (χ3n) is 2.89. The molecule has 1 N–H and O–H groups in total. The molecule has 0 radical (unpaired) electrons. The van der Waals surface area contributed by atoms with Crippen LogP contribution in [0.3, 0.4) is 0 Å². The van der Waals surface area contributed by atoms with E-state index >= 15 is 0 Å². The summed E-state index contributed by atoms with van der Waals surface area (Å²) >= 11 is 0. The minimum absolute atomic E-state index is 0.137. The standard InChI is InChI=1S/C12H14N2/c1-9-2-4-10(5-3-9)12-8-14-7-11(12)6-13/h2-5,11-12,14H,7-8H2,1H3/t11-,12+/m0/s1. The molecule has 2 heteroatoms. The first-order chi connectivity index (χ1) is 6.81. The predicted molar refractivity (Wildman–Crippen MR) is 55.9 cm³/mol. The number of benzene rings is 1. The Bertz CT molecular complexity index is 348. The van der Waals surface area contributed by atoms with Crippen molar-refractivity contribution >= 4 is 0 Å². The highest BCUT2D eigenvalue weighted by atomic mass is 14.9. The Morgan fingerprint density at radius 2 is 2.00 bits per heavy atom. The van der Waals surface area contributed by atoms with E-state index in [-0.39, 0.29) is 5.92 Å². The first-order valence-corrected chi connectivity index (χ1v) is 4.98. The van der Waals surface area contributed by atoms with Crippen molar-refractivity contribution in [1.82, 2.24) is 5.32 Å². The second-order valence-corrected chi connectivity index (χ2v) is 3.91. The molecule has 0 aliphatic carbocycles. The van der Waals surface area contributed by atoms with Crippen LogP contribution in [0.1, 0.15) is 17.0 Å². The van der Waals surface area contributed by atoms with Crippen LogP contribution in [0, 0.1) is 24.2 Å². The van der Waals surface area contributed by atoms with E-state index in [0.29, 0.717) is 5.92 Å². The molecule has 1 fully saturated rings. The Morgan fingerprint density at radius 3 is 2.64 bits per heavy atom. The van der Waals surface area contributed by atoms with E-state index < -0.39 is 0 Å². The highest BCUT2D eigenvalue weighted by Gasteiger charge is 2.27. The summed E-state index contributed by atoms with van der Waals surface area (Å²) in [7, 11) is 0. The third-order valence-corrected chi connectivity index (χ3v) is 2.89. The second kappa shape index (κ2) is 3.81. The maximum absolute atomic E-state index is 8.96. The number of hydrogen-bond acceptors (Lipinski definition) is 2. The monoisotopic (exact) mass is 186 g/mol. The number of nitrogens with one attached hydrogen (secondary N) is 1. The number of rotatable bonds is 1. The van der Waals surface area contributed by atoms with Crippen LogP contribution >= 0.6 is 0 Å². The molecular formula is C12H14N2. The van der Waals surface area contributed by atoms with Gasteiger partial charge in [-0.3, -0.25) is 0 Å². The van der Waals surface area contributed by atoms with Gasteiger partial charge in [-0.05, 0) is 12.5 Å². The van der Waals surface area contributed by atoms with E-state index in [2.05, 4.69) is 42.6 Å². The third kappa shape index (κ3) is 1.64. The van der Waals surface area contributed by atoms with Crippen LogP contribution in [0.2, 0.25) is 0 Å². The van der Waals surface area contributed by atoms with Gasteiger partial charge in [0.2, 0.25) is 0 Å². The summed E-state index contributed by atoms with van der Waals surface area (Å²) in [6.45, 7) is 3.84. The SMILES string of the molecule is Cc1ccc([C@H]2CNC[C@@H]2C#N)cc1. The molecule has 0 aromatic heterocycles. The summed E-state index contributed by atoms with van der Waals surface area (Å²) in [6, 6.07) is 10.9. The van der Waals surface area contributed by atoms with E-state index in [9.17, 15) is 0 Å². The molecule has 0 amide bonds. The van der Waals surface area contributed by atoms with Crippen molar-refractivity contribution in [1.29, 1.82) is 5.26 Å². The maximum atomic E-state index is 8.96. The van der Waals surface area contributed by atoms with Crippen LogP contribution in [0.4, 0.5) is 0 Å². The predicted octanol–water partition coefficient (Wildman–Crippen LogP) is 1.82. The van der Waals surface area contributed by atoms with Crippen LogP contribution in [-0.4, -0.2) is 13.1 Å². The molecule has 1 heterocycles. The van der Waals surface area contributed by atoms with E-state index in [4.69, 9.17) is 5.26 Å². The summed E-state index contributed by atoms with van der Waals surface area (Å²) in [4.78, 5) is 0. The molecule has 0 spiro atoms. The van der Waals surface area contributed by atoms with Crippen LogP contribution in [0.25, 0.3) is 0 Å². The second-order valence-electron chi connectivity index (χ2n) is 3.91. The molecule has 14 heavy (non-hydrogen) atoms. The van der Waals surface area contributed by atoms with Crippen LogP contribution in [0.15, 0.2) is 24.3 Å². The van der Waals surface area contributed by atoms with Crippen molar-refractivity contribution in [3.05, 3.63) is 35.4 Å². The van der Waals surface area contributed by atoms with E-state index in [1.165, 1.54) is 11.1 Å². The molecule has 1 aromatic rings. The lowest BCUT2D eigenvalue weighted by Gasteiger charge is -2.12. The number of aryl methyl sites for hydroxylation is 1. The number of hydrogen-bond donors (Lipinski definition) is 1. The molecule has 2 atom stereocenters. The zero-order valence-corrected chi connectivity index (χ0v) is 8.33. The van der Waals surface area contributed by atoms with Gasteiger partial charge >= 0.3 is 0 Å². The Morgan fingerprint density at radius 1 is 1.29 bits per heavy atom. The quantitative estimate of drug-likeness (QED) is 0.726. The van der Waals surface area contributed by atoms with Gasteiger partial charge < -0.3 is 5.32 Å². The Hall–Kier alpha value is -1.33. The van der Waals surface area contributed by atoms with Crippen molar-refractivity contribution in [3.8, 4) is 6.07 Å². The largest absolute Gasteiger partial charge is 0.315 e. The number of nitrogens with zero attached hydrogens (tertiary/aromatic N) is 1. The lowest BCUT2D eigenvalue weighted by atomic mass is 9.90. The van der Waals surface area contributed by atoms with Crippen LogP contribution < -0.4 is 5.32 Å². The summed E-state index contributed by atoms with van der Waals surface area (Å²) in [6.07, 6.45) is 0.